The maximum absolute atomic E-state index is 12.3. The van der Waals surface area contributed by atoms with Crippen LogP contribution >= 0.6 is 11.6 Å². The summed E-state index contributed by atoms with van der Waals surface area (Å²) in [5.41, 5.74) is 0.970. The van der Waals surface area contributed by atoms with E-state index in [-0.39, 0.29) is 0 Å². The van der Waals surface area contributed by atoms with Gasteiger partial charge in [-0.15, -0.1) is 0 Å². The first-order chi connectivity index (χ1) is 9.99. The van der Waals surface area contributed by atoms with Crippen molar-refractivity contribution in [2.24, 2.45) is 0 Å². The Bertz CT molecular complexity index is 776. The lowest BCUT2D eigenvalue weighted by Gasteiger charge is -2.23. The summed E-state index contributed by atoms with van der Waals surface area (Å²) >= 11 is 5.83. The van der Waals surface area contributed by atoms with E-state index in [0.29, 0.717) is 16.3 Å². The number of benzene rings is 1. The second-order valence-corrected chi connectivity index (χ2v) is 7.18. The molecule has 5 nitrogen and oxygen atoms in total. The molecule has 21 heavy (non-hydrogen) atoms. The quantitative estimate of drug-likeness (QED) is 0.850. The van der Waals surface area contributed by atoms with Crippen molar-refractivity contribution < 1.29 is 13.2 Å². The van der Waals surface area contributed by atoms with Crippen molar-refractivity contribution in [2.45, 2.75) is 5.37 Å². The van der Waals surface area contributed by atoms with Crippen LogP contribution in [0.5, 0.6) is 0 Å². The Morgan fingerprint density at radius 3 is 2.52 bits per heavy atom. The number of hydrogen-bond donors (Lipinski definition) is 0. The normalized spacial score (nSPS) is 20.7. The lowest BCUT2D eigenvalue weighted by atomic mass is 10.2. The number of halogens is 1. The summed E-state index contributed by atoms with van der Waals surface area (Å²) in [6.45, 7) is 0. The van der Waals surface area contributed by atoms with E-state index in [2.05, 4.69) is 4.98 Å². The number of nitrogens with zero attached hydrogens (tertiary/aromatic N) is 2. The Hall–Kier alpha value is -1.92. The first-order valence-electron chi connectivity index (χ1n) is 6.18. The van der Waals surface area contributed by atoms with Crippen LogP contribution in [-0.4, -0.2) is 25.1 Å². The molecule has 1 aromatic carbocycles. The van der Waals surface area contributed by atoms with Crippen LogP contribution in [0.3, 0.4) is 0 Å². The third-order valence-corrected chi connectivity index (χ3v) is 5.31. The van der Waals surface area contributed by atoms with Gasteiger partial charge in [0.15, 0.2) is 15.2 Å². The summed E-state index contributed by atoms with van der Waals surface area (Å²) < 4.78 is 24.6. The molecule has 1 aromatic heterocycles. The Balaban J connectivity index is 2.13. The molecule has 0 spiro atoms. The fourth-order valence-electron chi connectivity index (χ4n) is 2.37. The van der Waals surface area contributed by atoms with Gasteiger partial charge in [0.2, 0.25) is 5.91 Å². The van der Waals surface area contributed by atoms with Crippen LogP contribution < -0.4 is 4.90 Å². The van der Waals surface area contributed by atoms with Crippen molar-refractivity contribution in [3.8, 4) is 0 Å². The number of pyridine rings is 1. The number of aromatic nitrogens is 1. The number of anilines is 1. The summed E-state index contributed by atoms with van der Waals surface area (Å²) in [6.07, 6.45) is 3.02. The lowest BCUT2D eigenvalue weighted by molar-refractivity contribution is -0.115. The Labute approximate surface area is 127 Å². The standard InChI is InChI=1S/C14H11ClN2O3S/c15-11-3-5-12(6-4-11)17-13(18)9-21(19,20)14(17)10-2-1-7-16-8-10/h1-8,14H,9H2/t14-/m0/s1. The number of hydrogen-bond acceptors (Lipinski definition) is 4. The van der Waals surface area contributed by atoms with E-state index in [0.717, 1.165) is 0 Å². The minimum atomic E-state index is -3.59. The van der Waals surface area contributed by atoms with Crippen LogP contribution in [0, 0.1) is 0 Å². The topological polar surface area (TPSA) is 67.3 Å². The fraction of sp³-hybridized carbons (Fsp3) is 0.143. The van der Waals surface area contributed by atoms with Gasteiger partial charge in [-0.25, -0.2) is 8.42 Å². The van der Waals surface area contributed by atoms with Gasteiger partial charge in [0.25, 0.3) is 0 Å². The molecule has 1 saturated heterocycles. The fourth-order valence-corrected chi connectivity index (χ4v) is 4.25. The maximum Gasteiger partial charge on any atom is 0.243 e. The third kappa shape index (κ3) is 2.52. The lowest BCUT2D eigenvalue weighted by Crippen LogP contribution is -2.29. The monoisotopic (exact) mass is 322 g/mol. The average molecular weight is 323 g/mol. The van der Waals surface area contributed by atoms with Gasteiger partial charge in [-0.2, -0.15) is 0 Å². The summed E-state index contributed by atoms with van der Waals surface area (Å²) in [7, 11) is -3.59. The minimum absolute atomic E-state index is 0.453. The van der Waals surface area contributed by atoms with Gasteiger partial charge in [0.1, 0.15) is 5.75 Å². The third-order valence-electron chi connectivity index (χ3n) is 3.24. The average Bonchev–Trinajstić information content (AvgIpc) is 2.70. The van der Waals surface area contributed by atoms with E-state index in [1.807, 2.05) is 0 Å². The SMILES string of the molecule is O=C1CS(=O)(=O)[C@@H](c2cccnc2)N1c1ccc(Cl)cc1. The zero-order chi connectivity index (χ0) is 15.0. The maximum atomic E-state index is 12.3. The van der Waals surface area contributed by atoms with Crippen molar-refractivity contribution in [1.29, 1.82) is 0 Å². The highest BCUT2D eigenvalue weighted by Crippen LogP contribution is 2.37. The van der Waals surface area contributed by atoms with Crippen molar-refractivity contribution >= 4 is 33.0 Å². The van der Waals surface area contributed by atoms with Crippen LogP contribution in [0.25, 0.3) is 0 Å². The van der Waals surface area contributed by atoms with E-state index in [1.54, 1.807) is 42.6 Å². The van der Waals surface area contributed by atoms with Gasteiger partial charge in [-0.1, -0.05) is 17.7 Å². The predicted octanol–water partition coefficient (Wildman–Crippen LogP) is 2.20. The zero-order valence-electron chi connectivity index (χ0n) is 10.8. The zero-order valence-corrected chi connectivity index (χ0v) is 12.4. The second-order valence-electron chi connectivity index (χ2n) is 4.69. The van der Waals surface area contributed by atoms with Gasteiger partial charge in [-0.05, 0) is 30.3 Å². The molecule has 1 atom stereocenters. The Morgan fingerprint density at radius 1 is 1.19 bits per heavy atom. The highest BCUT2D eigenvalue weighted by Gasteiger charge is 2.45. The van der Waals surface area contributed by atoms with Gasteiger partial charge in [0, 0.05) is 28.7 Å². The summed E-state index contributed by atoms with van der Waals surface area (Å²) in [6, 6.07) is 9.80. The Morgan fingerprint density at radius 2 is 1.90 bits per heavy atom. The smallest absolute Gasteiger partial charge is 0.243 e. The molecule has 1 aliphatic rings. The van der Waals surface area contributed by atoms with E-state index in [9.17, 15) is 13.2 Å². The molecule has 0 N–H and O–H groups in total. The molecule has 0 aliphatic carbocycles. The molecular formula is C14H11ClN2O3S. The van der Waals surface area contributed by atoms with E-state index >= 15 is 0 Å². The molecule has 0 unspecified atom stereocenters. The number of amides is 1. The van der Waals surface area contributed by atoms with Crippen LogP contribution in [-0.2, 0) is 14.6 Å². The highest BCUT2D eigenvalue weighted by molar-refractivity contribution is 7.93. The van der Waals surface area contributed by atoms with Gasteiger partial charge in [0.05, 0.1) is 0 Å². The second kappa shape index (κ2) is 5.13. The minimum Gasteiger partial charge on any atom is -0.290 e. The Kier molecular flexibility index (Phi) is 3.43. The summed E-state index contributed by atoms with van der Waals surface area (Å²) in [5.74, 6) is -0.957. The van der Waals surface area contributed by atoms with Crippen LogP contribution in [0.1, 0.15) is 10.9 Å². The van der Waals surface area contributed by atoms with Crippen LogP contribution in [0.2, 0.25) is 5.02 Å². The van der Waals surface area contributed by atoms with Crippen molar-refractivity contribution in [2.75, 3.05) is 10.7 Å². The summed E-state index contributed by atoms with van der Waals surface area (Å²) in [5, 5.41) is -0.522. The van der Waals surface area contributed by atoms with Crippen molar-refractivity contribution in [1.82, 2.24) is 4.98 Å². The molecule has 2 aromatic rings. The first kappa shape index (κ1) is 14.0. The molecule has 1 aliphatic heterocycles. The van der Waals surface area contributed by atoms with E-state index in [1.165, 1.54) is 11.1 Å². The van der Waals surface area contributed by atoms with Crippen molar-refractivity contribution in [3.63, 3.8) is 0 Å². The largest absolute Gasteiger partial charge is 0.290 e. The molecule has 0 saturated carbocycles. The molecule has 0 radical (unpaired) electrons. The molecule has 7 heteroatoms. The number of carbonyl (C=O) groups excluding carboxylic acids is 1. The first-order valence-corrected chi connectivity index (χ1v) is 8.27. The van der Waals surface area contributed by atoms with E-state index < -0.39 is 26.9 Å². The number of rotatable bonds is 2. The number of carbonyl (C=O) groups is 1. The van der Waals surface area contributed by atoms with Crippen molar-refractivity contribution in [3.05, 3.63) is 59.4 Å². The van der Waals surface area contributed by atoms with Gasteiger partial charge >= 0.3 is 0 Å². The molecule has 1 fully saturated rings. The predicted molar refractivity (Wildman–Crippen MR) is 79.7 cm³/mol. The van der Waals surface area contributed by atoms with Gasteiger partial charge in [-0.3, -0.25) is 14.7 Å². The molecule has 1 amide bonds. The molecule has 3 rings (SSSR count). The number of sulfone groups is 1. The van der Waals surface area contributed by atoms with Crippen LogP contribution in [0.4, 0.5) is 5.69 Å². The molecular weight excluding hydrogens is 312 g/mol. The van der Waals surface area contributed by atoms with E-state index in [4.69, 9.17) is 11.6 Å². The van der Waals surface area contributed by atoms with Crippen LogP contribution in [0.15, 0.2) is 48.8 Å². The summed E-state index contributed by atoms with van der Waals surface area (Å²) in [4.78, 5) is 17.4. The molecule has 108 valence electrons. The van der Waals surface area contributed by atoms with Gasteiger partial charge < -0.3 is 0 Å². The molecule has 0 bridgehead atoms. The highest BCUT2D eigenvalue weighted by atomic mass is 35.5. The molecule has 2 heterocycles.